The molecule has 0 N–H and O–H groups in total. The van der Waals surface area contributed by atoms with Crippen LogP contribution in [0.4, 0.5) is 0 Å². The van der Waals surface area contributed by atoms with Crippen molar-refractivity contribution < 1.29 is 17.9 Å². The third-order valence-electron chi connectivity index (χ3n) is 1.93. The second kappa shape index (κ2) is 5.84. The van der Waals surface area contributed by atoms with Gasteiger partial charge in [0.1, 0.15) is 0 Å². The number of benzene rings is 1. The van der Waals surface area contributed by atoms with Crippen LogP contribution >= 0.6 is 26.6 Å². The van der Waals surface area contributed by atoms with E-state index in [-0.39, 0.29) is 12.2 Å². The van der Waals surface area contributed by atoms with Gasteiger partial charge in [-0.05, 0) is 24.6 Å². The van der Waals surface area contributed by atoms with Crippen molar-refractivity contribution in [1.82, 2.24) is 0 Å². The highest BCUT2D eigenvalue weighted by molar-refractivity contribution is 9.10. The highest BCUT2D eigenvalue weighted by Gasteiger charge is 2.19. The Hall–Kier alpha value is -0.590. The molecule has 1 aromatic rings. The molecule has 0 bridgehead atoms. The van der Waals surface area contributed by atoms with Gasteiger partial charge in [0.15, 0.2) is 0 Å². The molecule has 0 atom stereocenters. The van der Waals surface area contributed by atoms with E-state index < -0.39 is 20.8 Å². The number of esters is 1. The molecule has 0 aliphatic rings. The van der Waals surface area contributed by atoms with Crippen molar-refractivity contribution in [2.75, 3.05) is 6.61 Å². The average molecular weight is 342 g/mol. The molecule has 0 aromatic heterocycles. The smallest absolute Gasteiger partial charge is 0.338 e. The molecule has 7 heteroatoms. The third kappa shape index (κ3) is 4.29. The zero-order valence-electron chi connectivity index (χ0n) is 8.94. The number of carbonyl (C=O) groups is 1. The maximum atomic E-state index is 11.6. The lowest BCUT2D eigenvalue weighted by molar-refractivity contribution is 0.0525. The third-order valence-corrected chi connectivity index (χ3v) is 3.63. The van der Waals surface area contributed by atoms with E-state index in [1.54, 1.807) is 19.1 Å². The van der Waals surface area contributed by atoms with E-state index in [9.17, 15) is 13.2 Å². The molecule has 4 nitrogen and oxygen atoms in total. The van der Waals surface area contributed by atoms with E-state index in [4.69, 9.17) is 15.4 Å². The van der Waals surface area contributed by atoms with Crippen molar-refractivity contribution in [3.05, 3.63) is 33.8 Å². The van der Waals surface area contributed by atoms with Crippen LogP contribution < -0.4 is 0 Å². The normalized spacial score (nSPS) is 11.2. The number of halogens is 2. The summed E-state index contributed by atoms with van der Waals surface area (Å²) in [6.45, 7) is 1.90. The van der Waals surface area contributed by atoms with Gasteiger partial charge in [0.25, 0.3) is 0 Å². The zero-order valence-corrected chi connectivity index (χ0v) is 12.1. The summed E-state index contributed by atoms with van der Waals surface area (Å²) in [5.74, 6) is -0.992. The first kappa shape index (κ1) is 14.5. The molecule has 0 spiro atoms. The summed E-state index contributed by atoms with van der Waals surface area (Å²) in [6, 6.07) is 4.76. The molecule has 0 unspecified atom stereocenters. The van der Waals surface area contributed by atoms with E-state index >= 15 is 0 Å². The molecule has 0 aliphatic heterocycles. The highest BCUT2D eigenvalue weighted by atomic mass is 79.9. The van der Waals surface area contributed by atoms with Crippen LogP contribution in [0, 0.1) is 0 Å². The fourth-order valence-corrected chi connectivity index (χ4v) is 2.95. The predicted octanol–water partition coefficient (Wildman–Crippen LogP) is 2.69. The number of hydrogen-bond donors (Lipinski definition) is 0. The molecule has 0 saturated heterocycles. The van der Waals surface area contributed by atoms with Gasteiger partial charge in [-0.3, -0.25) is 0 Å². The Kier molecular flexibility index (Phi) is 4.97. The molecular formula is C10H10BrClO4S. The molecule has 0 fully saturated rings. The molecule has 94 valence electrons. The van der Waals surface area contributed by atoms with E-state index in [2.05, 4.69) is 15.9 Å². The fourth-order valence-electron chi connectivity index (χ4n) is 1.28. The summed E-state index contributed by atoms with van der Waals surface area (Å²) in [7, 11) is 1.46. The summed E-state index contributed by atoms with van der Waals surface area (Å²) in [4.78, 5) is 11.6. The number of carbonyl (C=O) groups excluding carboxylic acids is 1. The molecule has 17 heavy (non-hydrogen) atoms. The van der Waals surface area contributed by atoms with Gasteiger partial charge >= 0.3 is 5.97 Å². The monoisotopic (exact) mass is 340 g/mol. The lowest BCUT2D eigenvalue weighted by atomic mass is 10.1. The topological polar surface area (TPSA) is 60.4 Å². The Labute approximate surface area is 112 Å². The van der Waals surface area contributed by atoms with Crippen molar-refractivity contribution in [3.63, 3.8) is 0 Å². The molecule has 1 aromatic carbocycles. The summed E-state index contributed by atoms with van der Waals surface area (Å²) in [6.07, 6.45) is 0. The minimum absolute atomic E-state index is 0.199. The highest BCUT2D eigenvalue weighted by Crippen LogP contribution is 2.24. The average Bonchev–Trinajstić information content (AvgIpc) is 2.19. The minimum atomic E-state index is -3.74. The Morgan fingerprint density at radius 2 is 2.12 bits per heavy atom. The SMILES string of the molecule is CCOC(=O)c1cccc(Br)c1CS(=O)(=O)Cl. The van der Waals surface area contributed by atoms with Gasteiger partial charge in [0.05, 0.1) is 17.9 Å². The van der Waals surface area contributed by atoms with Crippen LogP contribution in [0.15, 0.2) is 22.7 Å². The quantitative estimate of drug-likeness (QED) is 0.624. The first-order chi connectivity index (χ1) is 7.85. The summed E-state index contributed by atoms with van der Waals surface area (Å²) >= 11 is 3.19. The molecule has 0 aliphatic carbocycles. The number of rotatable bonds is 4. The van der Waals surface area contributed by atoms with Gasteiger partial charge < -0.3 is 4.74 Å². The van der Waals surface area contributed by atoms with Gasteiger partial charge in [0, 0.05) is 15.2 Å². The van der Waals surface area contributed by atoms with Crippen LogP contribution in [-0.4, -0.2) is 21.0 Å². The molecular weight excluding hydrogens is 332 g/mol. The van der Waals surface area contributed by atoms with E-state index in [0.717, 1.165) is 0 Å². The van der Waals surface area contributed by atoms with Gasteiger partial charge in [-0.2, -0.15) is 0 Å². The second-order valence-corrected chi connectivity index (χ2v) is 6.80. The molecule has 1 rings (SSSR count). The van der Waals surface area contributed by atoms with Crippen molar-refractivity contribution >= 4 is 41.6 Å². The van der Waals surface area contributed by atoms with Crippen LogP contribution in [0.5, 0.6) is 0 Å². The van der Waals surface area contributed by atoms with Gasteiger partial charge in [-0.25, -0.2) is 13.2 Å². The van der Waals surface area contributed by atoms with Crippen LogP contribution in [0.1, 0.15) is 22.8 Å². The summed E-state index contributed by atoms with van der Waals surface area (Å²) in [5.41, 5.74) is 0.506. The van der Waals surface area contributed by atoms with Crippen LogP contribution in [-0.2, 0) is 19.5 Å². The molecule has 0 heterocycles. The van der Waals surface area contributed by atoms with Crippen LogP contribution in [0.2, 0.25) is 0 Å². The lowest BCUT2D eigenvalue weighted by Gasteiger charge is -2.09. The minimum Gasteiger partial charge on any atom is -0.462 e. The second-order valence-electron chi connectivity index (χ2n) is 3.17. The fraction of sp³-hybridized carbons (Fsp3) is 0.300. The van der Waals surface area contributed by atoms with Gasteiger partial charge in [-0.15, -0.1) is 0 Å². The van der Waals surface area contributed by atoms with E-state index in [1.165, 1.54) is 6.07 Å². The first-order valence-electron chi connectivity index (χ1n) is 4.72. The van der Waals surface area contributed by atoms with E-state index in [1.807, 2.05) is 0 Å². The van der Waals surface area contributed by atoms with Gasteiger partial charge in [-0.1, -0.05) is 22.0 Å². The number of hydrogen-bond acceptors (Lipinski definition) is 4. The standard InChI is InChI=1S/C10H10BrClO4S/c1-2-16-10(13)7-4-3-5-9(11)8(7)6-17(12,14)15/h3-5H,2,6H2,1H3. The number of ether oxygens (including phenoxy) is 1. The Morgan fingerprint density at radius 1 is 1.47 bits per heavy atom. The van der Waals surface area contributed by atoms with Crippen molar-refractivity contribution in [1.29, 1.82) is 0 Å². The molecule has 0 amide bonds. The Balaban J connectivity index is 3.22. The van der Waals surface area contributed by atoms with Crippen molar-refractivity contribution in [3.8, 4) is 0 Å². The van der Waals surface area contributed by atoms with Crippen molar-refractivity contribution in [2.45, 2.75) is 12.7 Å². The summed E-state index contributed by atoms with van der Waals surface area (Å²) < 4.78 is 27.5. The van der Waals surface area contributed by atoms with Crippen LogP contribution in [0.3, 0.4) is 0 Å². The maximum Gasteiger partial charge on any atom is 0.338 e. The largest absolute Gasteiger partial charge is 0.462 e. The Morgan fingerprint density at radius 3 is 2.65 bits per heavy atom. The maximum absolute atomic E-state index is 11.6. The van der Waals surface area contributed by atoms with Crippen molar-refractivity contribution in [2.24, 2.45) is 0 Å². The van der Waals surface area contributed by atoms with E-state index in [0.29, 0.717) is 10.0 Å². The predicted molar refractivity (Wildman–Crippen MR) is 68.6 cm³/mol. The molecule has 0 saturated carbocycles. The van der Waals surface area contributed by atoms with Crippen LogP contribution in [0.25, 0.3) is 0 Å². The lowest BCUT2D eigenvalue weighted by Crippen LogP contribution is -2.10. The van der Waals surface area contributed by atoms with Gasteiger partial charge in [0.2, 0.25) is 9.05 Å². The summed E-state index contributed by atoms with van der Waals surface area (Å²) in [5, 5.41) is 0. The zero-order chi connectivity index (χ0) is 13.1. The Bertz CT molecular complexity index is 527. The first-order valence-corrected chi connectivity index (χ1v) is 7.99. The molecule has 0 radical (unpaired) electrons.